The van der Waals surface area contributed by atoms with Gasteiger partial charge < -0.3 is 19.6 Å². The second kappa shape index (κ2) is 5.75. The first kappa shape index (κ1) is 13.3. The highest BCUT2D eigenvalue weighted by Crippen LogP contribution is 2.23. The van der Waals surface area contributed by atoms with Crippen LogP contribution >= 0.6 is 11.3 Å². The average molecular weight is 283 g/mol. The Hall–Kier alpha value is -0.690. The Labute approximate surface area is 117 Å². The molecule has 2 fully saturated rings. The van der Waals surface area contributed by atoms with Gasteiger partial charge in [0.2, 0.25) is 0 Å². The van der Waals surface area contributed by atoms with Crippen molar-refractivity contribution in [2.45, 2.75) is 18.4 Å². The molecule has 0 aliphatic carbocycles. The van der Waals surface area contributed by atoms with Crippen molar-refractivity contribution in [2.24, 2.45) is 0 Å². The largest absolute Gasteiger partial charge is 0.384 e. The van der Waals surface area contributed by atoms with E-state index in [1.165, 1.54) is 12.8 Å². The number of likely N-dealkylation sites (tertiary alicyclic amines) is 1. The molecule has 1 atom stereocenters. The minimum atomic E-state index is -0.785. The standard InChI is InChI=1S/C13H21N3O2S/c17-13(9-15-4-1-2-5-15)10-16(6-7-18-11-13)12-14-3-8-19-12/h3,8,17H,1-2,4-7,9-11H2/t13-/m0/s1. The van der Waals surface area contributed by atoms with Crippen LogP contribution in [-0.4, -0.2) is 66.5 Å². The van der Waals surface area contributed by atoms with Gasteiger partial charge in [-0.25, -0.2) is 4.98 Å². The average Bonchev–Trinajstić information content (AvgIpc) is 3.03. The summed E-state index contributed by atoms with van der Waals surface area (Å²) in [5, 5.41) is 13.8. The number of nitrogens with zero attached hydrogens (tertiary/aromatic N) is 3. The van der Waals surface area contributed by atoms with E-state index in [0.29, 0.717) is 26.3 Å². The zero-order valence-electron chi connectivity index (χ0n) is 11.1. The molecule has 0 aromatic carbocycles. The maximum atomic E-state index is 10.8. The van der Waals surface area contributed by atoms with E-state index in [0.717, 1.165) is 24.8 Å². The smallest absolute Gasteiger partial charge is 0.185 e. The molecule has 0 radical (unpaired) electrons. The van der Waals surface area contributed by atoms with Gasteiger partial charge in [-0.15, -0.1) is 11.3 Å². The van der Waals surface area contributed by atoms with Gasteiger partial charge in [-0.3, -0.25) is 0 Å². The van der Waals surface area contributed by atoms with Crippen LogP contribution in [0.25, 0.3) is 0 Å². The Morgan fingerprint density at radius 1 is 1.37 bits per heavy atom. The van der Waals surface area contributed by atoms with Gasteiger partial charge in [-0.2, -0.15) is 0 Å². The molecule has 1 aromatic heterocycles. The quantitative estimate of drug-likeness (QED) is 0.889. The molecular formula is C13H21N3O2S. The molecule has 6 heteroatoms. The van der Waals surface area contributed by atoms with Crippen molar-refractivity contribution in [2.75, 3.05) is 50.8 Å². The Balaban J connectivity index is 1.68. The van der Waals surface area contributed by atoms with Gasteiger partial charge in [0, 0.05) is 24.7 Å². The van der Waals surface area contributed by atoms with Crippen molar-refractivity contribution in [1.82, 2.24) is 9.88 Å². The SMILES string of the molecule is O[C@]1(CN2CCCC2)COCCN(c2nccs2)C1. The van der Waals surface area contributed by atoms with Crippen molar-refractivity contribution in [3.8, 4) is 0 Å². The van der Waals surface area contributed by atoms with Crippen LogP contribution in [0.15, 0.2) is 11.6 Å². The molecule has 0 bridgehead atoms. The van der Waals surface area contributed by atoms with Gasteiger partial charge in [-0.05, 0) is 25.9 Å². The Morgan fingerprint density at radius 2 is 2.21 bits per heavy atom. The minimum Gasteiger partial charge on any atom is -0.384 e. The second-order valence-electron chi connectivity index (χ2n) is 5.50. The number of aliphatic hydroxyl groups is 1. The Kier molecular flexibility index (Phi) is 4.02. The van der Waals surface area contributed by atoms with E-state index in [9.17, 15) is 5.11 Å². The number of hydrogen-bond donors (Lipinski definition) is 1. The second-order valence-corrected chi connectivity index (χ2v) is 6.37. The number of ether oxygens (including phenoxy) is 1. The van der Waals surface area contributed by atoms with Crippen molar-refractivity contribution in [3.63, 3.8) is 0 Å². The molecule has 3 rings (SSSR count). The molecule has 1 aromatic rings. The van der Waals surface area contributed by atoms with Gasteiger partial charge in [0.1, 0.15) is 5.60 Å². The van der Waals surface area contributed by atoms with Gasteiger partial charge >= 0.3 is 0 Å². The van der Waals surface area contributed by atoms with E-state index < -0.39 is 5.60 Å². The fourth-order valence-corrected chi connectivity index (χ4v) is 3.57. The normalized spacial score (nSPS) is 29.6. The lowest BCUT2D eigenvalue weighted by atomic mass is 10.0. The number of aromatic nitrogens is 1. The van der Waals surface area contributed by atoms with Crippen molar-refractivity contribution < 1.29 is 9.84 Å². The number of β-amino-alcohol motifs (C(OH)–C–C–N with tert-alkyl or cyclic N) is 1. The first-order valence-corrected chi connectivity index (χ1v) is 7.80. The molecule has 2 aliphatic heterocycles. The fourth-order valence-electron chi connectivity index (χ4n) is 2.90. The van der Waals surface area contributed by atoms with E-state index >= 15 is 0 Å². The Bertz CT molecular complexity index is 395. The molecule has 3 heterocycles. The third kappa shape index (κ3) is 3.25. The number of rotatable bonds is 3. The van der Waals surface area contributed by atoms with Crippen LogP contribution in [0.4, 0.5) is 5.13 Å². The molecular weight excluding hydrogens is 262 g/mol. The summed E-state index contributed by atoms with van der Waals surface area (Å²) >= 11 is 1.62. The van der Waals surface area contributed by atoms with E-state index in [4.69, 9.17) is 4.74 Å². The summed E-state index contributed by atoms with van der Waals surface area (Å²) in [5.74, 6) is 0. The maximum absolute atomic E-state index is 10.8. The van der Waals surface area contributed by atoms with Crippen LogP contribution in [0.1, 0.15) is 12.8 Å². The Morgan fingerprint density at radius 3 is 2.95 bits per heavy atom. The minimum absolute atomic E-state index is 0.422. The van der Waals surface area contributed by atoms with Crippen LogP contribution < -0.4 is 4.90 Å². The molecule has 19 heavy (non-hydrogen) atoms. The summed E-state index contributed by atoms with van der Waals surface area (Å²) in [6, 6.07) is 0. The fraction of sp³-hybridized carbons (Fsp3) is 0.769. The third-order valence-electron chi connectivity index (χ3n) is 3.77. The number of thiazole rings is 1. The van der Waals surface area contributed by atoms with Crippen LogP contribution in [0, 0.1) is 0 Å². The number of anilines is 1. The zero-order chi connectivity index (χ0) is 13.1. The molecule has 0 spiro atoms. The predicted octanol–water partition coefficient (Wildman–Crippen LogP) is 0.807. The predicted molar refractivity (Wildman–Crippen MR) is 75.8 cm³/mol. The first-order chi connectivity index (χ1) is 9.25. The molecule has 2 saturated heterocycles. The molecule has 0 saturated carbocycles. The van der Waals surface area contributed by atoms with Crippen LogP contribution in [-0.2, 0) is 4.74 Å². The topological polar surface area (TPSA) is 48.8 Å². The van der Waals surface area contributed by atoms with E-state index in [2.05, 4.69) is 14.8 Å². The molecule has 5 nitrogen and oxygen atoms in total. The summed E-state index contributed by atoms with van der Waals surface area (Å²) in [4.78, 5) is 8.83. The van der Waals surface area contributed by atoms with Gasteiger partial charge in [-0.1, -0.05) is 0 Å². The summed E-state index contributed by atoms with van der Waals surface area (Å²) in [5.41, 5.74) is -0.785. The zero-order valence-corrected chi connectivity index (χ0v) is 11.9. The van der Waals surface area contributed by atoms with Crippen molar-refractivity contribution >= 4 is 16.5 Å². The summed E-state index contributed by atoms with van der Waals surface area (Å²) in [6.07, 6.45) is 4.30. The lowest BCUT2D eigenvalue weighted by Crippen LogP contribution is -2.52. The van der Waals surface area contributed by atoms with Gasteiger partial charge in [0.25, 0.3) is 0 Å². The van der Waals surface area contributed by atoms with Crippen LogP contribution in [0.5, 0.6) is 0 Å². The van der Waals surface area contributed by atoms with E-state index in [1.807, 2.05) is 11.6 Å². The molecule has 1 N–H and O–H groups in total. The summed E-state index contributed by atoms with van der Waals surface area (Å²) < 4.78 is 5.61. The van der Waals surface area contributed by atoms with Gasteiger partial charge in [0.05, 0.1) is 19.8 Å². The van der Waals surface area contributed by atoms with Crippen molar-refractivity contribution in [3.05, 3.63) is 11.6 Å². The maximum Gasteiger partial charge on any atom is 0.185 e. The first-order valence-electron chi connectivity index (χ1n) is 6.92. The molecule has 2 aliphatic rings. The van der Waals surface area contributed by atoms with E-state index in [-0.39, 0.29) is 0 Å². The van der Waals surface area contributed by atoms with E-state index in [1.54, 1.807) is 11.3 Å². The highest BCUT2D eigenvalue weighted by atomic mass is 32.1. The molecule has 106 valence electrons. The number of hydrogen-bond acceptors (Lipinski definition) is 6. The van der Waals surface area contributed by atoms with Crippen molar-refractivity contribution in [1.29, 1.82) is 0 Å². The monoisotopic (exact) mass is 283 g/mol. The highest BCUT2D eigenvalue weighted by Gasteiger charge is 2.35. The van der Waals surface area contributed by atoms with Gasteiger partial charge in [0.15, 0.2) is 5.13 Å². The summed E-state index contributed by atoms with van der Waals surface area (Å²) in [7, 11) is 0. The lowest BCUT2D eigenvalue weighted by molar-refractivity contribution is -0.0439. The highest BCUT2D eigenvalue weighted by molar-refractivity contribution is 7.13. The lowest BCUT2D eigenvalue weighted by Gasteiger charge is -2.33. The van der Waals surface area contributed by atoms with Crippen LogP contribution in [0.2, 0.25) is 0 Å². The third-order valence-corrected chi connectivity index (χ3v) is 4.60. The molecule has 0 unspecified atom stereocenters. The summed E-state index contributed by atoms with van der Waals surface area (Å²) in [6.45, 7) is 5.38. The molecule has 0 amide bonds. The van der Waals surface area contributed by atoms with Crippen LogP contribution in [0.3, 0.4) is 0 Å².